The lowest BCUT2D eigenvalue weighted by Gasteiger charge is -2.21. The highest BCUT2D eigenvalue weighted by Gasteiger charge is 2.28. The molecule has 1 heterocycles. The summed E-state index contributed by atoms with van der Waals surface area (Å²) in [6.07, 6.45) is 1.44. The molecule has 0 radical (unpaired) electrons. The molecule has 0 saturated carbocycles. The van der Waals surface area contributed by atoms with Gasteiger partial charge in [-0.15, -0.1) is 0 Å². The van der Waals surface area contributed by atoms with Crippen LogP contribution in [0.15, 0.2) is 24.3 Å². The van der Waals surface area contributed by atoms with Crippen molar-refractivity contribution in [2.45, 2.75) is 12.8 Å². The quantitative estimate of drug-likeness (QED) is 0.789. The van der Waals surface area contributed by atoms with E-state index in [0.29, 0.717) is 18.7 Å². The zero-order valence-corrected chi connectivity index (χ0v) is 10.2. The van der Waals surface area contributed by atoms with E-state index in [1.165, 1.54) is 0 Å². The molecule has 0 aromatic heterocycles. The highest BCUT2D eigenvalue weighted by atomic mass is 16.5. The summed E-state index contributed by atoms with van der Waals surface area (Å²) in [5.74, 6) is -0.297. The number of carbonyl (C=O) groups is 2. The Morgan fingerprint density at radius 2 is 2.11 bits per heavy atom. The zero-order valence-electron chi connectivity index (χ0n) is 10.2. The Bertz CT molecular complexity index is 442. The number of hydrogen-bond donors (Lipinski definition) is 2. The number of benzene rings is 1. The lowest BCUT2D eigenvalue weighted by atomic mass is 9.98. The van der Waals surface area contributed by atoms with Gasteiger partial charge in [0.15, 0.2) is 0 Å². The van der Waals surface area contributed by atoms with Crippen molar-refractivity contribution >= 4 is 17.5 Å². The van der Waals surface area contributed by atoms with Gasteiger partial charge >= 0.3 is 0 Å². The molecule has 1 saturated heterocycles. The highest BCUT2D eigenvalue weighted by Crippen LogP contribution is 2.18. The number of rotatable bonds is 3. The van der Waals surface area contributed by atoms with Gasteiger partial charge in [-0.3, -0.25) is 9.59 Å². The minimum absolute atomic E-state index is 0.188. The third-order valence-electron chi connectivity index (χ3n) is 2.96. The van der Waals surface area contributed by atoms with Crippen LogP contribution in [-0.2, 0) is 9.59 Å². The van der Waals surface area contributed by atoms with E-state index in [-0.39, 0.29) is 11.8 Å². The van der Waals surface area contributed by atoms with Crippen molar-refractivity contribution in [3.8, 4) is 5.75 Å². The normalized spacial score (nSPS) is 18.9. The molecule has 2 amide bonds. The van der Waals surface area contributed by atoms with Gasteiger partial charge < -0.3 is 15.4 Å². The van der Waals surface area contributed by atoms with Crippen molar-refractivity contribution in [3.05, 3.63) is 24.3 Å². The Morgan fingerprint density at radius 3 is 2.72 bits per heavy atom. The molecule has 1 atom stereocenters. The largest absolute Gasteiger partial charge is 0.497 e. The second-order valence-electron chi connectivity index (χ2n) is 4.20. The monoisotopic (exact) mass is 248 g/mol. The Labute approximate surface area is 106 Å². The number of hydrogen-bond acceptors (Lipinski definition) is 3. The molecule has 96 valence electrons. The first-order valence-electron chi connectivity index (χ1n) is 5.93. The topological polar surface area (TPSA) is 67.4 Å². The predicted molar refractivity (Wildman–Crippen MR) is 67.4 cm³/mol. The maximum atomic E-state index is 11.9. The molecule has 0 unspecified atom stereocenters. The van der Waals surface area contributed by atoms with E-state index in [4.69, 9.17) is 4.74 Å². The average Bonchev–Trinajstić information content (AvgIpc) is 2.40. The molecule has 1 aliphatic heterocycles. The third-order valence-corrected chi connectivity index (χ3v) is 2.96. The molecule has 1 fully saturated rings. The molecule has 2 rings (SSSR count). The van der Waals surface area contributed by atoms with Gasteiger partial charge in [0.05, 0.1) is 7.11 Å². The first-order valence-corrected chi connectivity index (χ1v) is 5.93. The van der Waals surface area contributed by atoms with Gasteiger partial charge in [0, 0.05) is 12.2 Å². The van der Waals surface area contributed by atoms with Crippen LogP contribution in [0.4, 0.5) is 5.69 Å². The van der Waals surface area contributed by atoms with Gasteiger partial charge in [-0.25, -0.2) is 0 Å². The minimum atomic E-state index is -0.583. The van der Waals surface area contributed by atoms with E-state index < -0.39 is 5.92 Å². The lowest BCUT2D eigenvalue weighted by molar-refractivity contribution is -0.134. The van der Waals surface area contributed by atoms with Crippen LogP contribution in [0.25, 0.3) is 0 Å². The first kappa shape index (κ1) is 12.4. The van der Waals surface area contributed by atoms with Gasteiger partial charge in [0.25, 0.3) is 0 Å². The first-order chi connectivity index (χ1) is 8.70. The number of methoxy groups -OCH3 is 1. The second-order valence-corrected chi connectivity index (χ2v) is 4.20. The van der Waals surface area contributed by atoms with Gasteiger partial charge in [-0.1, -0.05) is 0 Å². The number of carbonyl (C=O) groups excluding carboxylic acids is 2. The van der Waals surface area contributed by atoms with Gasteiger partial charge in [-0.2, -0.15) is 0 Å². The van der Waals surface area contributed by atoms with Crippen molar-refractivity contribution in [1.82, 2.24) is 5.32 Å². The van der Waals surface area contributed by atoms with Crippen molar-refractivity contribution in [1.29, 1.82) is 0 Å². The smallest absolute Gasteiger partial charge is 0.236 e. The standard InChI is InChI=1S/C13H16N2O3/c1-18-10-6-4-9(5-7-10)15-13(17)11-3-2-8-14-12(11)16/h4-7,11H,2-3,8H2,1H3,(H,14,16)(H,15,17)/t11-/m1/s1. The highest BCUT2D eigenvalue weighted by molar-refractivity contribution is 6.06. The van der Waals surface area contributed by atoms with Crippen LogP contribution in [0.5, 0.6) is 5.75 Å². The summed E-state index contributed by atoms with van der Waals surface area (Å²) in [6.45, 7) is 0.658. The number of ether oxygens (including phenoxy) is 1. The van der Waals surface area contributed by atoms with E-state index in [1.54, 1.807) is 31.4 Å². The molecule has 0 spiro atoms. The van der Waals surface area contributed by atoms with E-state index in [2.05, 4.69) is 10.6 Å². The Hall–Kier alpha value is -2.04. The SMILES string of the molecule is COc1ccc(NC(=O)[C@@H]2CCCNC2=O)cc1. The zero-order chi connectivity index (χ0) is 13.0. The molecule has 18 heavy (non-hydrogen) atoms. The molecule has 1 aliphatic rings. The molecule has 1 aromatic carbocycles. The number of piperidine rings is 1. The number of anilines is 1. The maximum Gasteiger partial charge on any atom is 0.236 e. The second kappa shape index (κ2) is 5.53. The molecule has 0 aliphatic carbocycles. The van der Waals surface area contributed by atoms with Crippen LogP contribution in [0.1, 0.15) is 12.8 Å². The molecular formula is C13H16N2O3. The summed E-state index contributed by atoms with van der Waals surface area (Å²) in [7, 11) is 1.58. The van der Waals surface area contributed by atoms with E-state index in [1.807, 2.05) is 0 Å². The van der Waals surface area contributed by atoms with Crippen molar-refractivity contribution < 1.29 is 14.3 Å². The maximum absolute atomic E-state index is 11.9. The van der Waals surface area contributed by atoms with Crippen molar-refractivity contribution in [2.75, 3.05) is 19.0 Å². The van der Waals surface area contributed by atoms with Crippen molar-refractivity contribution in [2.24, 2.45) is 5.92 Å². The number of nitrogens with one attached hydrogen (secondary N) is 2. The van der Waals surface area contributed by atoms with Crippen molar-refractivity contribution in [3.63, 3.8) is 0 Å². The van der Waals surface area contributed by atoms with Gasteiger partial charge in [0.2, 0.25) is 11.8 Å². The summed E-state index contributed by atoms with van der Waals surface area (Å²) in [5, 5.41) is 5.44. The van der Waals surface area contributed by atoms with E-state index >= 15 is 0 Å². The fraction of sp³-hybridized carbons (Fsp3) is 0.385. The minimum Gasteiger partial charge on any atom is -0.497 e. The van der Waals surface area contributed by atoms with Crippen LogP contribution in [0.2, 0.25) is 0 Å². The van der Waals surface area contributed by atoms with Crippen LogP contribution in [0.3, 0.4) is 0 Å². The summed E-state index contributed by atoms with van der Waals surface area (Å²) in [4.78, 5) is 23.5. The molecule has 1 aromatic rings. The van der Waals surface area contributed by atoms with Crippen LogP contribution in [0, 0.1) is 5.92 Å². The van der Waals surface area contributed by atoms with E-state index in [9.17, 15) is 9.59 Å². The molecule has 5 heteroatoms. The predicted octanol–water partition coefficient (Wildman–Crippen LogP) is 1.16. The Kier molecular flexibility index (Phi) is 3.82. The van der Waals surface area contributed by atoms with Crippen LogP contribution >= 0.6 is 0 Å². The summed E-state index contributed by atoms with van der Waals surface area (Å²) in [5.41, 5.74) is 0.666. The summed E-state index contributed by atoms with van der Waals surface area (Å²) < 4.78 is 5.03. The van der Waals surface area contributed by atoms with Crippen LogP contribution < -0.4 is 15.4 Å². The summed E-state index contributed by atoms with van der Waals surface area (Å²) >= 11 is 0. The molecule has 5 nitrogen and oxygen atoms in total. The fourth-order valence-corrected chi connectivity index (χ4v) is 1.93. The molecule has 0 bridgehead atoms. The number of amides is 2. The van der Waals surface area contributed by atoms with E-state index in [0.717, 1.165) is 12.2 Å². The molecule has 2 N–H and O–H groups in total. The lowest BCUT2D eigenvalue weighted by Crippen LogP contribution is -2.42. The average molecular weight is 248 g/mol. The van der Waals surface area contributed by atoms with Crippen LogP contribution in [-0.4, -0.2) is 25.5 Å². The van der Waals surface area contributed by atoms with Gasteiger partial charge in [-0.05, 0) is 37.1 Å². The fourth-order valence-electron chi connectivity index (χ4n) is 1.93. The summed E-state index contributed by atoms with van der Waals surface area (Å²) in [6, 6.07) is 7.02. The molecular weight excluding hydrogens is 232 g/mol. The third kappa shape index (κ3) is 2.80. The van der Waals surface area contributed by atoms with Gasteiger partial charge in [0.1, 0.15) is 11.7 Å². The Balaban J connectivity index is 1.99. The Morgan fingerprint density at radius 1 is 1.39 bits per heavy atom.